The molecule has 1 aromatic carbocycles. The monoisotopic (exact) mass is 365 g/mol. The van der Waals surface area contributed by atoms with Crippen LogP contribution in [0.1, 0.15) is 44.1 Å². The SMILES string of the molecule is CN(C1CCCCC1)S(=O)(=O)N1CCC(C(N)=O)(c2ccccc2)C1. The van der Waals surface area contributed by atoms with Crippen molar-refractivity contribution in [1.29, 1.82) is 0 Å². The van der Waals surface area contributed by atoms with Crippen LogP contribution in [0, 0.1) is 0 Å². The lowest BCUT2D eigenvalue weighted by atomic mass is 9.79. The Bertz CT molecular complexity index is 716. The molecule has 25 heavy (non-hydrogen) atoms. The van der Waals surface area contributed by atoms with Crippen LogP contribution in [0.3, 0.4) is 0 Å². The Hall–Kier alpha value is -1.44. The fourth-order valence-corrected chi connectivity index (χ4v) is 5.78. The third kappa shape index (κ3) is 3.32. The summed E-state index contributed by atoms with van der Waals surface area (Å²) in [5, 5.41) is 0. The second kappa shape index (κ2) is 7.05. The summed E-state index contributed by atoms with van der Waals surface area (Å²) in [4.78, 5) is 12.3. The smallest absolute Gasteiger partial charge is 0.282 e. The molecule has 1 heterocycles. The van der Waals surface area contributed by atoms with Crippen LogP contribution >= 0.6 is 0 Å². The van der Waals surface area contributed by atoms with Crippen LogP contribution in [-0.4, -0.2) is 49.1 Å². The van der Waals surface area contributed by atoms with Gasteiger partial charge in [0.05, 0.1) is 5.41 Å². The van der Waals surface area contributed by atoms with Crippen molar-refractivity contribution < 1.29 is 13.2 Å². The molecular weight excluding hydrogens is 338 g/mol. The highest BCUT2D eigenvalue weighted by atomic mass is 32.2. The number of primary amides is 1. The standard InChI is InChI=1S/C18H27N3O3S/c1-20(16-10-6-3-7-11-16)25(23,24)21-13-12-18(14-21,17(19)22)15-8-4-2-5-9-15/h2,4-5,8-9,16H,3,6-7,10-14H2,1H3,(H2,19,22). The molecule has 0 radical (unpaired) electrons. The third-order valence-corrected chi connectivity index (χ3v) is 7.80. The lowest BCUT2D eigenvalue weighted by molar-refractivity contribution is -0.123. The molecule has 7 heteroatoms. The van der Waals surface area contributed by atoms with Crippen molar-refractivity contribution in [2.24, 2.45) is 5.73 Å². The zero-order valence-electron chi connectivity index (χ0n) is 14.7. The number of nitrogens with zero attached hydrogens (tertiary/aromatic N) is 2. The molecule has 1 saturated carbocycles. The number of amides is 1. The van der Waals surface area contributed by atoms with Gasteiger partial charge in [-0.15, -0.1) is 0 Å². The van der Waals surface area contributed by atoms with E-state index in [4.69, 9.17) is 5.73 Å². The highest BCUT2D eigenvalue weighted by Crippen LogP contribution is 2.37. The fourth-order valence-electron chi connectivity index (χ4n) is 4.12. The van der Waals surface area contributed by atoms with E-state index in [-0.39, 0.29) is 12.6 Å². The Morgan fingerprint density at radius 1 is 1.20 bits per heavy atom. The summed E-state index contributed by atoms with van der Waals surface area (Å²) in [6, 6.07) is 9.34. The zero-order chi connectivity index (χ0) is 18.1. The quantitative estimate of drug-likeness (QED) is 0.861. The summed E-state index contributed by atoms with van der Waals surface area (Å²) < 4.78 is 29.1. The molecule has 2 aliphatic rings. The topological polar surface area (TPSA) is 83.7 Å². The number of carbonyl (C=O) groups excluding carboxylic acids is 1. The van der Waals surface area contributed by atoms with E-state index < -0.39 is 21.5 Å². The average Bonchev–Trinajstić information content (AvgIpc) is 3.10. The lowest BCUT2D eigenvalue weighted by Crippen LogP contribution is -2.49. The van der Waals surface area contributed by atoms with E-state index in [1.54, 1.807) is 7.05 Å². The van der Waals surface area contributed by atoms with Gasteiger partial charge < -0.3 is 5.73 Å². The molecule has 6 nitrogen and oxygen atoms in total. The van der Waals surface area contributed by atoms with Crippen molar-refractivity contribution in [3.8, 4) is 0 Å². The molecule has 0 spiro atoms. The van der Waals surface area contributed by atoms with Crippen LogP contribution in [0.25, 0.3) is 0 Å². The molecule has 138 valence electrons. The summed E-state index contributed by atoms with van der Waals surface area (Å²) in [6.07, 6.45) is 5.54. The number of nitrogens with two attached hydrogens (primary N) is 1. The molecule has 1 atom stereocenters. The Labute approximate surface area is 150 Å². The van der Waals surface area contributed by atoms with Crippen molar-refractivity contribution in [2.75, 3.05) is 20.1 Å². The van der Waals surface area contributed by atoms with E-state index in [1.165, 1.54) is 15.0 Å². The van der Waals surface area contributed by atoms with Gasteiger partial charge >= 0.3 is 0 Å². The molecule has 2 N–H and O–H groups in total. The average molecular weight is 365 g/mol. The predicted molar refractivity (Wildman–Crippen MR) is 97.1 cm³/mol. The van der Waals surface area contributed by atoms with Gasteiger partial charge in [0.15, 0.2) is 0 Å². The Morgan fingerprint density at radius 3 is 2.44 bits per heavy atom. The Kier molecular flexibility index (Phi) is 5.18. The maximum atomic E-state index is 13.1. The summed E-state index contributed by atoms with van der Waals surface area (Å²) in [7, 11) is -1.93. The van der Waals surface area contributed by atoms with E-state index >= 15 is 0 Å². The van der Waals surface area contributed by atoms with E-state index in [0.717, 1.165) is 31.2 Å². The first-order chi connectivity index (χ1) is 11.9. The maximum Gasteiger partial charge on any atom is 0.282 e. The number of carbonyl (C=O) groups is 1. The van der Waals surface area contributed by atoms with Crippen LogP contribution in [0.15, 0.2) is 30.3 Å². The van der Waals surface area contributed by atoms with Gasteiger partial charge in [0.1, 0.15) is 0 Å². The largest absolute Gasteiger partial charge is 0.369 e. The van der Waals surface area contributed by atoms with Gasteiger partial charge in [-0.25, -0.2) is 0 Å². The van der Waals surface area contributed by atoms with Crippen LogP contribution in [0.4, 0.5) is 0 Å². The summed E-state index contributed by atoms with van der Waals surface area (Å²) in [5.41, 5.74) is 5.56. The zero-order valence-corrected chi connectivity index (χ0v) is 15.5. The van der Waals surface area contributed by atoms with Gasteiger partial charge in [-0.3, -0.25) is 4.79 Å². The first kappa shape index (κ1) is 18.4. The molecule has 0 bridgehead atoms. The minimum atomic E-state index is -3.59. The third-order valence-electron chi connectivity index (χ3n) is 5.81. The Morgan fingerprint density at radius 2 is 1.84 bits per heavy atom. The predicted octanol–water partition coefficient (Wildman–Crippen LogP) is 1.62. The molecule has 3 rings (SSSR count). The van der Waals surface area contributed by atoms with Crippen molar-refractivity contribution in [3.63, 3.8) is 0 Å². The maximum absolute atomic E-state index is 13.1. The van der Waals surface area contributed by atoms with Crippen molar-refractivity contribution in [1.82, 2.24) is 8.61 Å². The molecule has 1 aliphatic heterocycles. The van der Waals surface area contributed by atoms with E-state index in [1.807, 2.05) is 30.3 Å². The lowest BCUT2D eigenvalue weighted by Gasteiger charge is -2.34. The number of hydrogen-bond donors (Lipinski definition) is 1. The number of hydrogen-bond acceptors (Lipinski definition) is 3. The van der Waals surface area contributed by atoms with Crippen molar-refractivity contribution in [3.05, 3.63) is 35.9 Å². The normalized spacial score (nSPS) is 26.2. The van der Waals surface area contributed by atoms with Crippen LogP contribution < -0.4 is 5.73 Å². The van der Waals surface area contributed by atoms with Gasteiger partial charge in [-0.2, -0.15) is 17.0 Å². The number of rotatable bonds is 5. The molecule has 0 aromatic heterocycles. The van der Waals surface area contributed by atoms with Gasteiger partial charge in [0.2, 0.25) is 5.91 Å². The second-order valence-corrected chi connectivity index (χ2v) is 9.20. The van der Waals surface area contributed by atoms with E-state index in [9.17, 15) is 13.2 Å². The minimum absolute atomic E-state index is 0.0547. The van der Waals surface area contributed by atoms with Crippen molar-refractivity contribution >= 4 is 16.1 Å². The summed E-state index contributed by atoms with van der Waals surface area (Å²) in [6.45, 7) is 0.433. The molecular formula is C18H27N3O3S. The van der Waals surface area contributed by atoms with E-state index in [2.05, 4.69) is 0 Å². The fraction of sp³-hybridized carbons (Fsp3) is 0.611. The van der Waals surface area contributed by atoms with Crippen LogP contribution in [0.5, 0.6) is 0 Å². The molecule has 1 saturated heterocycles. The van der Waals surface area contributed by atoms with Crippen molar-refractivity contribution in [2.45, 2.75) is 50.0 Å². The minimum Gasteiger partial charge on any atom is -0.369 e. The van der Waals surface area contributed by atoms with Gasteiger partial charge in [-0.05, 0) is 24.8 Å². The van der Waals surface area contributed by atoms with Crippen LogP contribution in [-0.2, 0) is 20.4 Å². The Balaban J connectivity index is 1.83. The first-order valence-electron chi connectivity index (χ1n) is 8.96. The number of benzene rings is 1. The highest BCUT2D eigenvalue weighted by Gasteiger charge is 2.49. The molecule has 1 aromatic rings. The summed E-state index contributed by atoms with van der Waals surface area (Å²) in [5.74, 6) is -0.461. The molecule has 1 aliphatic carbocycles. The first-order valence-corrected chi connectivity index (χ1v) is 10.4. The van der Waals surface area contributed by atoms with E-state index in [0.29, 0.717) is 13.0 Å². The molecule has 2 fully saturated rings. The molecule has 1 amide bonds. The highest BCUT2D eigenvalue weighted by molar-refractivity contribution is 7.86. The van der Waals surface area contributed by atoms with Gasteiger partial charge in [0.25, 0.3) is 10.2 Å². The second-order valence-electron chi connectivity index (χ2n) is 7.21. The summed E-state index contributed by atoms with van der Waals surface area (Å²) >= 11 is 0. The van der Waals surface area contributed by atoms with Gasteiger partial charge in [0, 0.05) is 26.2 Å². The van der Waals surface area contributed by atoms with Crippen LogP contribution in [0.2, 0.25) is 0 Å². The van der Waals surface area contributed by atoms with Gasteiger partial charge in [-0.1, -0.05) is 49.6 Å². The molecule has 1 unspecified atom stereocenters.